The van der Waals surface area contributed by atoms with E-state index in [0.717, 1.165) is 0 Å². The van der Waals surface area contributed by atoms with Crippen LogP contribution in [0.3, 0.4) is 0 Å². The predicted octanol–water partition coefficient (Wildman–Crippen LogP) is 0.739. The van der Waals surface area contributed by atoms with Gasteiger partial charge in [0.15, 0.2) is 0 Å². The predicted molar refractivity (Wildman–Crippen MR) is 24.8 cm³/mol. The molecule has 0 saturated heterocycles. The topological polar surface area (TPSA) is 66.5 Å². The van der Waals surface area contributed by atoms with E-state index in [-0.39, 0.29) is 5.15 Å². The van der Waals surface area contributed by atoms with Crippen LogP contribution in [0.25, 0.3) is 0 Å². The van der Waals surface area contributed by atoms with Crippen molar-refractivity contribution in [3.05, 3.63) is 5.15 Å². The maximum Gasteiger partial charge on any atom is 0.353 e. The highest BCUT2D eigenvalue weighted by molar-refractivity contribution is 6.30. The van der Waals surface area contributed by atoms with Crippen LogP contribution < -0.4 is 0 Å². The average molecular weight is 136 g/mol. The second-order valence-electron chi connectivity index (χ2n) is 1.13. The maximum absolute atomic E-state index is 8.51. The van der Waals surface area contributed by atoms with Crippen LogP contribution in [-0.4, -0.2) is 15.4 Å². The fraction of sp³-hybridized carbons (Fsp3) is 0. The second kappa shape index (κ2) is 1.56. The Morgan fingerprint density at radius 1 is 1.50 bits per heavy atom. The van der Waals surface area contributed by atoms with Crippen molar-refractivity contribution in [2.75, 3.05) is 0 Å². The molecule has 0 aliphatic carbocycles. The number of rotatable bonds is 0. The molecule has 2 N–H and O–H groups in total. The Kier molecular flexibility index (Phi) is 1.02. The summed E-state index contributed by atoms with van der Waals surface area (Å²) in [5, 5.41) is 19.7. The molecule has 44 valence electrons. The van der Waals surface area contributed by atoms with Gasteiger partial charge in [-0.1, -0.05) is 16.8 Å². The molecule has 0 aliphatic heterocycles. The van der Waals surface area contributed by atoms with Gasteiger partial charge in [-0.3, -0.25) is 0 Å². The Morgan fingerprint density at radius 3 is 2.25 bits per heavy atom. The van der Waals surface area contributed by atoms with Crippen molar-refractivity contribution in [1.29, 1.82) is 0 Å². The molecule has 1 rings (SSSR count). The zero-order valence-electron chi connectivity index (χ0n) is 3.63. The molecule has 0 aliphatic rings. The third-order valence-corrected chi connectivity index (χ3v) is 0.858. The first-order valence-electron chi connectivity index (χ1n) is 1.75. The molecule has 0 amide bonds. The van der Waals surface area contributed by atoms with Crippen LogP contribution in [0.2, 0.25) is 5.15 Å². The second-order valence-corrected chi connectivity index (χ2v) is 1.49. The lowest BCUT2D eigenvalue weighted by molar-refractivity contribution is 0.264. The molecule has 0 bridgehead atoms. The van der Waals surface area contributed by atoms with Crippen LogP contribution in [0.5, 0.6) is 11.7 Å². The smallest absolute Gasteiger partial charge is 0.353 e. The van der Waals surface area contributed by atoms with Crippen LogP contribution in [0.1, 0.15) is 0 Å². The average Bonchev–Trinajstić information content (AvgIpc) is 1.98. The first kappa shape index (κ1) is 5.24. The van der Waals surface area contributed by atoms with E-state index < -0.39 is 11.7 Å². The number of hydrogen-bond acceptors (Lipinski definition) is 4. The summed E-state index contributed by atoms with van der Waals surface area (Å²) in [4.78, 5) is 0. The lowest BCUT2D eigenvalue weighted by atomic mass is 10.6. The molecule has 0 atom stereocenters. The van der Waals surface area contributed by atoms with Gasteiger partial charge in [0.05, 0.1) is 0 Å². The van der Waals surface area contributed by atoms with E-state index in [9.17, 15) is 0 Å². The van der Waals surface area contributed by atoms with Crippen LogP contribution in [0, 0.1) is 0 Å². The van der Waals surface area contributed by atoms with E-state index in [4.69, 9.17) is 21.8 Å². The van der Waals surface area contributed by atoms with Crippen molar-refractivity contribution in [3.8, 4) is 11.7 Å². The van der Waals surface area contributed by atoms with Crippen molar-refractivity contribution in [3.63, 3.8) is 0 Å². The highest BCUT2D eigenvalue weighted by Gasteiger charge is 2.09. The van der Waals surface area contributed by atoms with Gasteiger partial charge in [-0.05, 0) is 0 Å². The normalized spacial score (nSPS) is 9.62. The van der Waals surface area contributed by atoms with E-state index >= 15 is 0 Å². The fourth-order valence-corrected chi connectivity index (χ4v) is 0.373. The van der Waals surface area contributed by atoms with Crippen molar-refractivity contribution in [2.45, 2.75) is 0 Å². The SMILES string of the molecule is Oc1onc(Cl)c1O. The molecular weight excluding hydrogens is 133 g/mol. The monoisotopic (exact) mass is 135 g/mol. The molecule has 0 aromatic carbocycles. The summed E-state index contributed by atoms with van der Waals surface area (Å²) in [5.41, 5.74) is 0. The molecule has 8 heavy (non-hydrogen) atoms. The quantitative estimate of drug-likeness (QED) is 0.551. The zero-order chi connectivity index (χ0) is 6.15. The van der Waals surface area contributed by atoms with Gasteiger partial charge in [0.2, 0.25) is 10.9 Å². The third kappa shape index (κ3) is 0.586. The molecular formula is C3H2ClNO3. The van der Waals surface area contributed by atoms with Gasteiger partial charge < -0.3 is 14.7 Å². The van der Waals surface area contributed by atoms with Gasteiger partial charge in [-0.2, -0.15) is 0 Å². The van der Waals surface area contributed by atoms with Crippen LogP contribution in [-0.2, 0) is 0 Å². The minimum Gasteiger partial charge on any atom is -0.500 e. The summed E-state index contributed by atoms with van der Waals surface area (Å²) < 4.78 is 4.02. The van der Waals surface area contributed by atoms with Gasteiger partial charge in [0.1, 0.15) is 0 Å². The summed E-state index contributed by atoms with van der Waals surface area (Å²) in [6, 6.07) is 0. The maximum atomic E-state index is 8.51. The first-order chi connectivity index (χ1) is 3.72. The van der Waals surface area contributed by atoms with E-state index in [1.807, 2.05) is 0 Å². The number of aromatic nitrogens is 1. The molecule has 0 fully saturated rings. The van der Waals surface area contributed by atoms with E-state index in [1.54, 1.807) is 0 Å². The summed E-state index contributed by atoms with van der Waals surface area (Å²) in [6.07, 6.45) is 0. The molecule has 0 radical (unpaired) electrons. The Labute approximate surface area is 49.3 Å². The van der Waals surface area contributed by atoms with Gasteiger partial charge in [-0.15, -0.1) is 0 Å². The summed E-state index contributed by atoms with van der Waals surface area (Å²) in [7, 11) is 0. The Morgan fingerprint density at radius 2 is 2.12 bits per heavy atom. The van der Waals surface area contributed by atoms with Gasteiger partial charge in [0, 0.05) is 0 Å². The third-order valence-electron chi connectivity index (χ3n) is 0.610. The van der Waals surface area contributed by atoms with Crippen LogP contribution in [0.4, 0.5) is 0 Å². The van der Waals surface area contributed by atoms with E-state index in [0.29, 0.717) is 0 Å². The molecule has 0 spiro atoms. The van der Waals surface area contributed by atoms with Crippen molar-refractivity contribution in [1.82, 2.24) is 5.16 Å². The number of halogens is 1. The fourth-order valence-electron chi connectivity index (χ4n) is 0.258. The molecule has 4 nitrogen and oxygen atoms in total. The first-order valence-corrected chi connectivity index (χ1v) is 2.12. The highest BCUT2D eigenvalue weighted by atomic mass is 35.5. The molecule has 1 aromatic rings. The minimum absolute atomic E-state index is 0.234. The minimum atomic E-state index is -0.657. The zero-order valence-corrected chi connectivity index (χ0v) is 4.38. The Bertz CT molecular complexity index is 177. The Hall–Kier alpha value is -0.900. The lowest BCUT2D eigenvalue weighted by Crippen LogP contribution is -1.56. The van der Waals surface area contributed by atoms with Crippen molar-refractivity contribution >= 4 is 11.6 Å². The van der Waals surface area contributed by atoms with E-state index in [1.165, 1.54) is 0 Å². The summed E-state index contributed by atoms with van der Waals surface area (Å²) in [5.74, 6) is -1.18. The molecule has 1 aromatic heterocycles. The van der Waals surface area contributed by atoms with Crippen molar-refractivity contribution < 1.29 is 14.7 Å². The van der Waals surface area contributed by atoms with E-state index in [2.05, 4.69) is 9.68 Å². The van der Waals surface area contributed by atoms with Crippen molar-refractivity contribution in [2.24, 2.45) is 0 Å². The molecule has 1 heterocycles. The largest absolute Gasteiger partial charge is 0.500 e. The van der Waals surface area contributed by atoms with Gasteiger partial charge >= 0.3 is 5.95 Å². The number of aromatic hydroxyl groups is 2. The lowest BCUT2D eigenvalue weighted by Gasteiger charge is -1.77. The molecule has 5 heteroatoms. The van der Waals surface area contributed by atoms with Gasteiger partial charge in [0.25, 0.3) is 0 Å². The summed E-state index contributed by atoms with van der Waals surface area (Å²) in [6.45, 7) is 0. The van der Waals surface area contributed by atoms with Gasteiger partial charge in [-0.25, -0.2) is 0 Å². The molecule has 0 saturated carbocycles. The number of nitrogens with zero attached hydrogens (tertiary/aromatic N) is 1. The number of hydrogen-bond donors (Lipinski definition) is 2. The standard InChI is InChI=1S/C3H2ClNO3/c4-2-1(6)3(7)8-5-2/h6-7H. The highest BCUT2D eigenvalue weighted by Crippen LogP contribution is 2.31. The van der Waals surface area contributed by atoms with Crippen LogP contribution >= 0.6 is 11.6 Å². The summed E-state index contributed by atoms with van der Waals surface area (Å²) >= 11 is 5.11. The molecule has 0 unspecified atom stereocenters. The van der Waals surface area contributed by atoms with Crippen LogP contribution in [0.15, 0.2) is 4.52 Å². The Balaban J connectivity index is 3.19.